The van der Waals surface area contributed by atoms with Crippen LogP contribution in [0.15, 0.2) is 30.5 Å². The lowest BCUT2D eigenvalue weighted by molar-refractivity contribution is 0.242. The second kappa shape index (κ2) is 7.42. The molecule has 0 aliphatic rings. The van der Waals surface area contributed by atoms with Crippen LogP contribution in [0.4, 0.5) is 0 Å². The summed E-state index contributed by atoms with van der Waals surface area (Å²) in [6, 6.07) is 8.12. The first kappa shape index (κ1) is 16.5. The Balaban J connectivity index is 2.21. The van der Waals surface area contributed by atoms with Gasteiger partial charge in [-0.2, -0.15) is 5.10 Å². The molecular formula is C17H26N4O. The van der Waals surface area contributed by atoms with Gasteiger partial charge in [0.05, 0.1) is 11.8 Å². The molecular weight excluding hydrogens is 276 g/mol. The van der Waals surface area contributed by atoms with Crippen molar-refractivity contribution >= 4 is 0 Å². The van der Waals surface area contributed by atoms with Crippen molar-refractivity contribution in [1.82, 2.24) is 14.7 Å². The van der Waals surface area contributed by atoms with Gasteiger partial charge < -0.3 is 15.4 Å². The Bertz CT molecular complexity index is 589. The van der Waals surface area contributed by atoms with Crippen molar-refractivity contribution < 1.29 is 4.74 Å². The van der Waals surface area contributed by atoms with E-state index in [1.807, 2.05) is 37.7 Å². The molecule has 0 saturated carbocycles. The highest BCUT2D eigenvalue weighted by molar-refractivity contribution is 5.63. The fourth-order valence-corrected chi connectivity index (χ4v) is 2.45. The zero-order chi connectivity index (χ0) is 16.1. The van der Waals surface area contributed by atoms with Crippen LogP contribution >= 0.6 is 0 Å². The van der Waals surface area contributed by atoms with Gasteiger partial charge >= 0.3 is 0 Å². The minimum atomic E-state index is 0.182. The van der Waals surface area contributed by atoms with E-state index >= 15 is 0 Å². The highest BCUT2D eigenvalue weighted by Crippen LogP contribution is 2.25. The lowest BCUT2D eigenvalue weighted by Crippen LogP contribution is -2.25. The smallest absolute Gasteiger partial charge is 0.119 e. The van der Waals surface area contributed by atoms with Crippen LogP contribution in [-0.4, -0.2) is 40.9 Å². The van der Waals surface area contributed by atoms with Crippen LogP contribution < -0.4 is 10.5 Å². The van der Waals surface area contributed by atoms with Crippen LogP contribution in [0, 0.1) is 0 Å². The maximum absolute atomic E-state index is 5.69. The molecule has 0 aliphatic carbocycles. The van der Waals surface area contributed by atoms with Crippen molar-refractivity contribution in [1.29, 1.82) is 0 Å². The summed E-state index contributed by atoms with van der Waals surface area (Å²) >= 11 is 0. The molecule has 5 nitrogen and oxygen atoms in total. The van der Waals surface area contributed by atoms with Gasteiger partial charge in [-0.15, -0.1) is 0 Å². The highest BCUT2D eigenvalue weighted by atomic mass is 16.5. The average Bonchev–Trinajstić information content (AvgIpc) is 2.80. The topological polar surface area (TPSA) is 56.3 Å². The number of rotatable bonds is 7. The van der Waals surface area contributed by atoms with E-state index in [1.165, 1.54) is 5.56 Å². The van der Waals surface area contributed by atoms with Gasteiger partial charge in [0.25, 0.3) is 0 Å². The third-order valence-electron chi connectivity index (χ3n) is 3.36. The largest absolute Gasteiger partial charge is 0.491 e. The third kappa shape index (κ3) is 4.32. The summed E-state index contributed by atoms with van der Waals surface area (Å²) in [7, 11) is 4.02. The van der Waals surface area contributed by atoms with E-state index < -0.39 is 0 Å². The zero-order valence-electron chi connectivity index (χ0n) is 13.9. The van der Waals surface area contributed by atoms with E-state index in [4.69, 9.17) is 10.5 Å². The van der Waals surface area contributed by atoms with Gasteiger partial charge in [-0.05, 0) is 45.2 Å². The standard InChI is InChI=1S/C17H26N4O/c1-13(2)22-16-7-5-14(6-8-16)17-15(12-21(4)19-17)11-20(3)10-9-18/h5-8,12-13H,9-11,18H2,1-4H3. The van der Waals surface area contributed by atoms with Crippen LogP contribution in [0.2, 0.25) is 0 Å². The fourth-order valence-electron chi connectivity index (χ4n) is 2.45. The van der Waals surface area contributed by atoms with Gasteiger partial charge in [-0.1, -0.05) is 0 Å². The van der Waals surface area contributed by atoms with Gasteiger partial charge in [-0.3, -0.25) is 4.68 Å². The fraction of sp³-hybridized carbons (Fsp3) is 0.471. The van der Waals surface area contributed by atoms with Crippen LogP contribution in [0.25, 0.3) is 11.3 Å². The Morgan fingerprint density at radius 3 is 2.55 bits per heavy atom. The predicted molar refractivity (Wildman–Crippen MR) is 89.8 cm³/mol. The Kier molecular flexibility index (Phi) is 5.57. The monoisotopic (exact) mass is 302 g/mol. The summed E-state index contributed by atoms with van der Waals surface area (Å²) in [5, 5.41) is 4.60. The van der Waals surface area contributed by atoms with E-state index in [0.29, 0.717) is 6.54 Å². The van der Waals surface area contributed by atoms with Crippen molar-refractivity contribution in [2.24, 2.45) is 12.8 Å². The van der Waals surface area contributed by atoms with Crippen LogP contribution in [-0.2, 0) is 13.6 Å². The number of aromatic nitrogens is 2. The molecule has 2 rings (SSSR count). The molecule has 1 aromatic heterocycles. The summed E-state index contributed by atoms with van der Waals surface area (Å²) < 4.78 is 7.55. The first-order valence-corrected chi connectivity index (χ1v) is 7.68. The Labute approximate surface area is 132 Å². The molecule has 2 aromatic rings. The van der Waals surface area contributed by atoms with E-state index in [1.54, 1.807) is 0 Å². The molecule has 120 valence electrons. The summed E-state index contributed by atoms with van der Waals surface area (Å²) in [5.74, 6) is 0.886. The Morgan fingerprint density at radius 2 is 1.95 bits per heavy atom. The predicted octanol–water partition coefficient (Wildman–Crippen LogP) is 2.26. The van der Waals surface area contributed by atoms with Crippen molar-refractivity contribution in [3.05, 3.63) is 36.0 Å². The molecule has 22 heavy (non-hydrogen) atoms. The van der Waals surface area contributed by atoms with Crippen molar-refractivity contribution in [3.8, 4) is 17.0 Å². The molecule has 0 unspecified atom stereocenters. The molecule has 0 amide bonds. The lowest BCUT2D eigenvalue weighted by atomic mass is 10.1. The number of likely N-dealkylation sites (N-methyl/N-ethyl adjacent to an activating group) is 1. The average molecular weight is 302 g/mol. The molecule has 0 fully saturated rings. The maximum atomic E-state index is 5.69. The lowest BCUT2D eigenvalue weighted by Gasteiger charge is -2.15. The normalized spacial score (nSPS) is 11.4. The number of ether oxygens (including phenoxy) is 1. The van der Waals surface area contributed by atoms with Crippen LogP contribution in [0.1, 0.15) is 19.4 Å². The van der Waals surface area contributed by atoms with Gasteiger partial charge in [0, 0.05) is 44.0 Å². The number of nitrogens with two attached hydrogens (primary N) is 1. The summed E-state index contributed by atoms with van der Waals surface area (Å²) in [5.41, 5.74) is 8.94. The first-order valence-electron chi connectivity index (χ1n) is 7.68. The van der Waals surface area contributed by atoms with E-state index in [0.717, 1.165) is 30.1 Å². The summed E-state index contributed by atoms with van der Waals surface area (Å²) in [6.07, 6.45) is 2.25. The molecule has 5 heteroatoms. The summed E-state index contributed by atoms with van der Waals surface area (Å²) in [4.78, 5) is 2.21. The first-order chi connectivity index (χ1) is 10.5. The minimum Gasteiger partial charge on any atom is -0.491 e. The number of hydrogen-bond acceptors (Lipinski definition) is 4. The molecule has 0 aliphatic heterocycles. The quantitative estimate of drug-likeness (QED) is 0.852. The van der Waals surface area contributed by atoms with E-state index in [2.05, 4.69) is 35.4 Å². The maximum Gasteiger partial charge on any atom is 0.119 e. The van der Waals surface area contributed by atoms with Crippen LogP contribution in [0.5, 0.6) is 5.75 Å². The zero-order valence-corrected chi connectivity index (χ0v) is 13.9. The number of benzene rings is 1. The Morgan fingerprint density at radius 1 is 1.27 bits per heavy atom. The molecule has 2 N–H and O–H groups in total. The molecule has 1 aromatic carbocycles. The molecule has 0 spiro atoms. The molecule has 0 saturated heterocycles. The number of nitrogens with zero attached hydrogens (tertiary/aromatic N) is 3. The second-order valence-corrected chi connectivity index (χ2v) is 5.89. The molecule has 1 heterocycles. The molecule has 0 bridgehead atoms. The van der Waals surface area contributed by atoms with Gasteiger partial charge in [0.15, 0.2) is 0 Å². The second-order valence-electron chi connectivity index (χ2n) is 5.89. The van der Waals surface area contributed by atoms with Gasteiger partial charge in [0.1, 0.15) is 5.75 Å². The van der Waals surface area contributed by atoms with E-state index in [-0.39, 0.29) is 6.10 Å². The van der Waals surface area contributed by atoms with Crippen molar-refractivity contribution in [3.63, 3.8) is 0 Å². The highest BCUT2D eigenvalue weighted by Gasteiger charge is 2.12. The van der Waals surface area contributed by atoms with Crippen LogP contribution in [0.3, 0.4) is 0 Å². The minimum absolute atomic E-state index is 0.182. The Hall–Kier alpha value is -1.85. The van der Waals surface area contributed by atoms with E-state index in [9.17, 15) is 0 Å². The van der Waals surface area contributed by atoms with Crippen molar-refractivity contribution in [2.45, 2.75) is 26.5 Å². The molecule has 0 atom stereocenters. The summed E-state index contributed by atoms with van der Waals surface area (Å²) in [6.45, 7) is 6.42. The van der Waals surface area contributed by atoms with Gasteiger partial charge in [0.2, 0.25) is 0 Å². The SMILES string of the molecule is CC(C)Oc1ccc(-c2nn(C)cc2CN(C)CCN)cc1. The number of aryl methyl sites for hydroxylation is 1. The molecule has 0 radical (unpaired) electrons. The van der Waals surface area contributed by atoms with Gasteiger partial charge in [-0.25, -0.2) is 0 Å². The third-order valence-corrected chi connectivity index (χ3v) is 3.36. The van der Waals surface area contributed by atoms with Crippen molar-refractivity contribution in [2.75, 3.05) is 20.1 Å². The number of hydrogen-bond donors (Lipinski definition) is 1.